The summed E-state index contributed by atoms with van der Waals surface area (Å²) in [5.41, 5.74) is -0.761. The van der Waals surface area contributed by atoms with Crippen LogP contribution in [-0.4, -0.2) is 46.7 Å². The molecule has 0 bridgehead atoms. The van der Waals surface area contributed by atoms with Crippen molar-refractivity contribution in [3.8, 4) is 5.75 Å². The van der Waals surface area contributed by atoms with E-state index in [2.05, 4.69) is 12.2 Å². The quantitative estimate of drug-likeness (QED) is 0.775. The van der Waals surface area contributed by atoms with E-state index < -0.39 is 17.7 Å². The van der Waals surface area contributed by atoms with Crippen LogP contribution in [0.2, 0.25) is 0 Å². The first-order valence-electron chi connectivity index (χ1n) is 9.04. The minimum Gasteiger partial charge on any atom is -0.491 e. The fraction of sp³-hybridized carbons (Fsp3) is 0.579. The van der Waals surface area contributed by atoms with Gasteiger partial charge in [0, 0.05) is 0 Å². The molecule has 1 aliphatic heterocycles. The molecule has 2 N–H and O–H groups in total. The van der Waals surface area contributed by atoms with E-state index in [9.17, 15) is 14.7 Å². The predicted octanol–water partition coefficient (Wildman–Crippen LogP) is 2.32. The first-order valence-corrected chi connectivity index (χ1v) is 9.04. The summed E-state index contributed by atoms with van der Waals surface area (Å²) in [5.74, 6) is 1.08. The van der Waals surface area contributed by atoms with Crippen molar-refractivity contribution in [2.45, 2.75) is 50.7 Å². The third-order valence-corrected chi connectivity index (χ3v) is 5.36. The molecular formula is C19H26N2O4. The van der Waals surface area contributed by atoms with Crippen molar-refractivity contribution in [2.75, 3.05) is 13.2 Å². The van der Waals surface area contributed by atoms with Crippen molar-refractivity contribution in [3.63, 3.8) is 0 Å². The second kappa shape index (κ2) is 7.44. The van der Waals surface area contributed by atoms with Gasteiger partial charge < -0.3 is 15.2 Å². The van der Waals surface area contributed by atoms with Crippen molar-refractivity contribution in [1.29, 1.82) is 0 Å². The van der Waals surface area contributed by atoms with Gasteiger partial charge in [0.15, 0.2) is 0 Å². The molecule has 1 aromatic rings. The Balaban J connectivity index is 1.55. The number of aliphatic hydroxyl groups excluding tert-OH is 1. The number of carbonyl (C=O) groups excluding carboxylic acids is 2. The molecule has 6 heteroatoms. The average molecular weight is 346 g/mol. The molecule has 1 unspecified atom stereocenters. The minimum atomic E-state index is -0.919. The molecule has 3 rings (SSSR count). The first-order chi connectivity index (χ1) is 12.0. The molecule has 1 saturated heterocycles. The molecule has 1 aromatic carbocycles. The van der Waals surface area contributed by atoms with Gasteiger partial charge in [-0.3, -0.25) is 9.69 Å². The van der Waals surface area contributed by atoms with E-state index in [0.29, 0.717) is 24.5 Å². The fourth-order valence-electron chi connectivity index (χ4n) is 3.73. The van der Waals surface area contributed by atoms with Crippen molar-refractivity contribution < 1.29 is 19.4 Å². The Hall–Kier alpha value is -2.08. The number of nitrogens with one attached hydrogen (secondary N) is 1. The van der Waals surface area contributed by atoms with E-state index in [1.807, 2.05) is 18.2 Å². The number of para-hydroxylation sites is 1. The Morgan fingerprint density at radius 3 is 2.60 bits per heavy atom. The van der Waals surface area contributed by atoms with Crippen LogP contribution < -0.4 is 10.1 Å². The SMILES string of the molecule is CCC1CCC2(CC1)NC(=O)N(CC(O)COc1ccccc1)C2=O. The topological polar surface area (TPSA) is 78.9 Å². The number of carbonyl (C=O) groups is 2. The van der Waals surface area contributed by atoms with Gasteiger partial charge in [-0.25, -0.2) is 4.79 Å². The fourth-order valence-corrected chi connectivity index (χ4v) is 3.73. The number of aliphatic hydroxyl groups is 1. The van der Waals surface area contributed by atoms with Gasteiger partial charge >= 0.3 is 6.03 Å². The van der Waals surface area contributed by atoms with Crippen LogP contribution in [-0.2, 0) is 4.79 Å². The molecule has 3 amide bonds. The van der Waals surface area contributed by atoms with Gasteiger partial charge in [0.1, 0.15) is 24.0 Å². The zero-order valence-electron chi connectivity index (χ0n) is 14.6. The van der Waals surface area contributed by atoms with Crippen molar-refractivity contribution >= 4 is 11.9 Å². The molecule has 1 heterocycles. The standard InChI is InChI=1S/C19H26N2O4/c1-2-14-8-10-19(11-9-14)17(23)21(18(24)20-19)12-15(22)13-25-16-6-4-3-5-7-16/h3-7,14-15,22H,2,8-13H2,1H3,(H,20,24). The van der Waals surface area contributed by atoms with Gasteiger partial charge in [-0.1, -0.05) is 31.5 Å². The van der Waals surface area contributed by atoms with Gasteiger partial charge in [0.05, 0.1) is 6.54 Å². The van der Waals surface area contributed by atoms with Crippen LogP contribution in [0.4, 0.5) is 4.79 Å². The molecular weight excluding hydrogens is 320 g/mol. The number of β-amino-alcohol motifs (C(OH)–C–C–N with tert-alkyl or cyclic N) is 1. The van der Waals surface area contributed by atoms with Crippen LogP contribution in [0.15, 0.2) is 30.3 Å². The Bertz CT molecular complexity index is 611. The second-order valence-corrected chi connectivity index (χ2v) is 7.06. The third kappa shape index (κ3) is 3.79. The lowest BCUT2D eigenvalue weighted by molar-refractivity contribution is -0.133. The highest BCUT2D eigenvalue weighted by atomic mass is 16.5. The van der Waals surface area contributed by atoms with Gasteiger partial charge in [-0.15, -0.1) is 0 Å². The zero-order chi connectivity index (χ0) is 17.9. The third-order valence-electron chi connectivity index (χ3n) is 5.36. The Morgan fingerprint density at radius 1 is 1.28 bits per heavy atom. The van der Waals surface area contributed by atoms with Gasteiger partial charge in [0.2, 0.25) is 0 Å². The lowest BCUT2D eigenvalue weighted by Gasteiger charge is -2.34. The predicted molar refractivity (Wildman–Crippen MR) is 93.2 cm³/mol. The maximum Gasteiger partial charge on any atom is 0.325 e. The smallest absolute Gasteiger partial charge is 0.325 e. The van der Waals surface area contributed by atoms with E-state index in [4.69, 9.17) is 4.74 Å². The van der Waals surface area contributed by atoms with E-state index in [1.54, 1.807) is 12.1 Å². The molecule has 1 atom stereocenters. The van der Waals surface area contributed by atoms with E-state index >= 15 is 0 Å². The van der Waals surface area contributed by atoms with Gasteiger partial charge in [0.25, 0.3) is 5.91 Å². The largest absolute Gasteiger partial charge is 0.491 e. The molecule has 1 saturated carbocycles. The van der Waals surface area contributed by atoms with Crippen molar-refractivity contribution in [2.24, 2.45) is 5.92 Å². The summed E-state index contributed by atoms with van der Waals surface area (Å²) in [5, 5.41) is 13.1. The summed E-state index contributed by atoms with van der Waals surface area (Å²) in [7, 11) is 0. The highest BCUT2D eigenvalue weighted by Gasteiger charge is 2.52. The highest BCUT2D eigenvalue weighted by molar-refractivity contribution is 6.07. The Kier molecular flexibility index (Phi) is 5.27. The summed E-state index contributed by atoms with van der Waals surface area (Å²) in [4.78, 5) is 26.2. The van der Waals surface area contributed by atoms with Crippen molar-refractivity contribution in [3.05, 3.63) is 30.3 Å². The normalized spacial score (nSPS) is 27.4. The Morgan fingerprint density at radius 2 is 1.96 bits per heavy atom. The number of amides is 3. The van der Waals surface area contributed by atoms with Gasteiger partial charge in [-0.2, -0.15) is 0 Å². The lowest BCUT2D eigenvalue weighted by atomic mass is 9.75. The minimum absolute atomic E-state index is 0.0337. The van der Waals surface area contributed by atoms with Crippen LogP contribution >= 0.6 is 0 Å². The highest BCUT2D eigenvalue weighted by Crippen LogP contribution is 2.37. The van der Waals surface area contributed by atoms with E-state index in [1.165, 1.54) is 0 Å². The first kappa shape index (κ1) is 17.7. The van der Waals surface area contributed by atoms with Crippen LogP contribution in [0.25, 0.3) is 0 Å². The van der Waals surface area contributed by atoms with Crippen LogP contribution in [0.3, 0.4) is 0 Å². The molecule has 0 radical (unpaired) electrons. The summed E-state index contributed by atoms with van der Waals surface area (Å²) < 4.78 is 5.49. The average Bonchev–Trinajstić information content (AvgIpc) is 2.86. The van der Waals surface area contributed by atoms with Crippen LogP contribution in [0.5, 0.6) is 5.75 Å². The number of hydrogen-bond donors (Lipinski definition) is 2. The zero-order valence-corrected chi connectivity index (χ0v) is 14.6. The van der Waals surface area contributed by atoms with Gasteiger partial charge in [-0.05, 0) is 43.7 Å². The lowest BCUT2D eigenvalue weighted by Crippen LogP contribution is -2.50. The van der Waals surface area contributed by atoms with Crippen LogP contribution in [0, 0.1) is 5.92 Å². The summed E-state index contributed by atoms with van der Waals surface area (Å²) >= 11 is 0. The Labute approximate surface area is 148 Å². The number of rotatable bonds is 6. The molecule has 6 nitrogen and oxygen atoms in total. The van der Waals surface area contributed by atoms with Crippen LogP contribution in [0.1, 0.15) is 39.0 Å². The summed E-state index contributed by atoms with van der Waals surface area (Å²) in [6.07, 6.45) is 3.47. The number of benzene rings is 1. The maximum absolute atomic E-state index is 12.8. The molecule has 0 aromatic heterocycles. The van der Waals surface area contributed by atoms with E-state index in [-0.39, 0.29) is 19.1 Å². The van der Waals surface area contributed by atoms with E-state index in [0.717, 1.165) is 24.2 Å². The second-order valence-electron chi connectivity index (χ2n) is 7.06. The summed E-state index contributed by atoms with van der Waals surface area (Å²) in [6.45, 7) is 2.15. The monoisotopic (exact) mass is 346 g/mol. The summed E-state index contributed by atoms with van der Waals surface area (Å²) in [6, 6.07) is 8.75. The van der Waals surface area contributed by atoms with Crippen molar-refractivity contribution in [1.82, 2.24) is 10.2 Å². The number of imide groups is 1. The maximum atomic E-state index is 12.8. The number of urea groups is 1. The number of ether oxygens (including phenoxy) is 1. The molecule has 136 valence electrons. The number of hydrogen-bond acceptors (Lipinski definition) is 4. The molecule has 1 spiro atoms. The molecule has 2 aliphatic rings. The molecule has 2 fully saturated rings. The molecule has 1 aliphatic carbocycles. The number of nitrogens with zero attached hydrogens (tertiary/aromatic N) is 1. The molecule has 25 heavy (non-hydrogen) atoms.